The fraction of sp³-hybridized carbons (Fsp3) is 0.857. The summed E-state index contributed by atoms with van der Waals surface area (Å²) in [6, 6.07) is -0.507. The Balaban J connectivity index is 2.84. The molecule has 1 aliphatic rings. The molecule has 1 rings (SSSR count). The van der Waals surface area contributed by atoms with E-state index in [1.165, 1.54) is 0 Å². The molecule has 0 aromatic rings. The number of nitrogens with one attached hydrogen (secondary N) is 2. The number of ether oxygens (including phenoxy) is 4. The number of hydrogen-bond acceptors (Lipinski definition) is 8. The van der Waals surface area contributed by atoms with Crippen LogP contribution >= 0.6 is 0 Å². The first-order chi connectivity index (χ1) is 13.8. The van der Waals surface area contributed by atoms with Crippen LogP contribution in [-0.2, 0) is 28.5 Å². The Morgan fingerprint density at radius 1 is 1.00 bits per heavy atom. The molecule has 9 heteroatoms. The van der Waals surface area contributed by atoms with Crippen LogP contribution in [0.25, 0.3) is 0 Å². The van der Waals surface area contributed by atoms with E-state index < -0.39 is 28.9 Å². The molecular formula is C21H38N2O7. The van der Waals surface area contributed by atoms with Gasteiger partial charge in [-0.25, -0.2) is 4.79 Å². The second-order valence-electron chi connectivity index (χ2n) is 9.55. The van der Waals surface area contributed by atoms with E-state index >= 15 is 0 Å². The zero-order valence-electron chi connectivity index (χ0n) is 19.4. The molecule has 30 heavy (non-hydrogen) atoms. The van der Waals surface area contributed by atoms with Gasteiger partial charge in [0, 0.05) is 6.42 Å². The highest BCUT2D eigenvalue weighted by Gasteiger charge is 2.47. The lowest BCUT2D eigenvalue weighted by Crippen LogP contribution is -2.72. The Labute approximate surface area is 179 Å². The molecule has 174 valence electrons. The topological polar surface area (TPSA) is 112 Å². The summed E-state index contributed by atoms with van der Waals surface area (Å²) >= 11 is 0. The van der Waals surface area contributed by atoms with Gasteiger partial charge in [-0.1, -0.05) is 6.92 Å². The molecule has 1 saturated heterocycles. The molecule has 0 radical (unpaired) electrons. The van der Waals surface area contributed by atoms with Crippen molar-refractivity contribution in [3.63, 3.8) is 0 Å². The lowest BCUT2D eigenvalue weighted by Gasteiger charge is -2.47. The number of rotatable bonds is 10. The molecule has 0 bridgehead atoms. The van der Waals surface area contributed by atoms with Crippen LogP contribution in [-0.4, -0.2) is 67.2 Å². The summed E-state index contributed by atoms with van der Waals surface area (Å²) in [7, 11) is 0. The van der Waals surface area contributed by atoms with E-state index in [-0.39, 0.29) is 38.1 Å². The van der Waals surface area contributed by atoms with Crippen LogP contribution in [0.2, 0.25) is 0 Å². The minimum atomic E-state index is -0.704. The molecular weight excluding hydrogens is 392 g/mol. The van der Waals surface area contributed by atoms with Crippen LogP contribution in [0.4, 0.5) is 4.79 Å². The number of esters is 2. The van der Waals surface area contributed by atoms with Gasteiger partial charge in [-0.3, -0.25) is 14.9 Å². The number of alkyl carbamates (subject to hydrolysis) is 1. The van der Waals surface area contributed by atoms with Crippen molar-refractivity contribution in [1.82, 2.24) is 10.6 Å². The van der Waals surface area contributed by atoms with Crippen molar-refractivity contribution in [3.8, 4) is 0 Å². The molecule has 0 aliphatic carbocycles. The Hall–Kier alpha value is -1.87. The molecule has 1 atom stereocenters. The summed E-state index contributed by atoms with van der Waals surface area (Å²) in [4.78, 5) is 36.5. The molecule has 1 amide bonds. The number of carbonyl (C=O) groups is 3. The third kappa shape index (κ3) is 9.75. The van der Waals surface area contributed by atoms with Crippen molar-refractivity contribution in [1.29, 1.82) is 0 Å². The third-order valence-corrected chi connectivity index (χ3v) is 4.19. The predicted octanol–water partition coefficient (Wildman–Crippen LogP) is 2.31. The summed E-state index contributed by atoms with van der Waals surface area (Å²) in [6.07, 6.45) is 0.535. The van der Waals surface area contributed by atoms with Crippen molar-refractivity contribution in [2.45, 2.75) is 90.5 Å². The lowest BCUT2D eigenvalue weighted by molar-refractivity contribution is -0.156. The minimum absolute atomic E-state index is 0.0255. The molecule has 0 spiro atoms. The van der Waals surface area contributed by atoms with Gasteiger partial charge < -0.3 is 24.3 Å². The SMILES string of the molecule is CCCOC(=O)CNC1([C@@H](CCC(=O)OC(C)(C)C)NC(=O)OC(C)(C)C)COC1. The maximum Gasteiger partial charge on any atom is 0.407 e. The van der Waals surface area contributed by atoms with E-state index in [9.17, 15) is 14.4 Å². The first-order valence-corrected chi connectivity index (χ1v) is 10.5. The maximum atomic E-state index is 12.4. The molecule has 2 N–H and O–H groups in total. The van der Waals surface area contributed by atoms with Gasteiger partial charge in [0.05, 0.1) is 37.9 Å². The van der Waals surface area contributed by atoms with Crippen LogP contribution < -0.4 is 10.6 Å². The average Bonchev–Trinajstić information content (AvgIpc) is 2.53. The van der Waals surface area contributed by atoms with Crippen LogP contribution in [0.1, 0.15) is 67.7 Å². The monoisotopic (exact) mass is 430 g/mol. The number of carbonyl (C=O) groups excluding carboxylic acids is 3. The van der Waals surface area contributed by atoms with E-state index in [0.29, 0.717) is 13.0 Å². The quantitative estimate of drug-likeness (QED) is 0.401. The first kappa shape index (κ1) is 26.2. The summed E-state index contributed by atoms with van der Waals surface area (Å²) in [5, 5.41) is 6.00. The van der Waals surface area contributed by atoms with Crippen molar-refractivity contribution >= 4 is 18.0 Å². The van der Waals surface area contributed by atoms with Gasteiger partial charge in [0.2, 0.25) is 0 Å². The van der Waals surface area contributed by atoms with Crippen LogP contribution in [0.5, 0.6) is 0 Å². The molecule has 1 fully saturated rings. The normalized spacial score (nSPS) is 16.8. The molecule has 0 aromatic heterocycles. The van der Waals surface area contributed by atoms with Crippen LogP contribution in [0, 0.1) is 0 Å². The van der Waals surface area contributed by atoms with E-state index in [2.05, 4.69) is 10.6 Å². The van der Waals surface area contributed by atoms with Crippen molar-refractivity contribution in [3.05, 3.63) is 0 Å². The van der Waals surface area contributed by atoms with Crippen molar-refractivity contribution < 1.29 is 33.3 Å². The second-order valence-corrected chi connectivity index (χ2v) is 9.55. The Bertz CT molecular complexity index is 589. The average molecular weight is 431 g/mol. The van der Waals surface area contributed by atoms with Crippen LogP contribution in [0.3, 0.4) is 0 Å². The fourth-order valence-corrected chi connectivity index (χ4v) is 2.85. The van der Waals surface area contributed by atoms with Gasteiger partial charge in [0.15, 0.2) is 0 Å². The van der Waals surface area contributed by atoms with Crippen molar-refractivity contribution in [2.24, 2.45) is 0 Å². The Kier molecular flexibility index (Phi) is 9.55. The second kappa shape index (κ2) is 10.9. The van der Waals surface area contributed by atoms with Gasteiger partial charge in [0.1, 0.15) is 11.2 Å². The first-order valence-electron chi connectivity index (χ1n) is 10.5. The van der Waals surface area contributed by atoms with E-state index in [0.717, 1.165) is 6.42 Å². The summed E-state index contributed by atoms with van der Waals surface area (Å²) in [5.74, 6) is -0.748. The zero-order valence-corrected chi connectivity index (χ0v) is 19.4. The highest BCUT2D eigenvalue weighted by Crippen LogP contribution is 2.26. The molecule has 1 heterocycles. The van der Waals surface area contributed by atoms with Gasteiger partial charge in [-0.05, 0) is 54.4 Å². The maximum absolute atomic E-state index is 12.4. The van der Waals surface area contributed by atoms with Gasteiger partial charge in [-0.15, -0.1) is 0 Å². The molecule has 0 unspecified atom stereocenters. The van der Waals surface area contributed by atoms with Gasteiger partial charge >= 0.3 is 18.0 Å². The minimum Gasteiger partial charge on any atom is -0.465 e. The fourth-order valence-electron chi connectivity index (χ4n) is 2.85. The molecule has 9 nitrogen and oxygen atoms in total. The summed E-state index contributed by atoms with van der Waals surface area (Å²) < 4.78 is 21.2. The molecule has 1 aliphatic heterocycles. The standard InChI is InChI=1S/C21H38N2O7/c1-8-11-28-17(25)12-22-21(13-27-14-21)15(23-18(26)30-20(5,6)7)9-10-16(24)29-19(2,3)4/h15,22H,8-14H2,1-7H3,(H,23,26)/t15-/m1/s1. The van der Waals surface area contributed by atoms with E-state index in [1.54, 1.807) is 41.5 Å². The Morgan fingerprint density at radius 2 is 1.60 bits per heavy atom. The third-order valence-electron chi connectivity index (χ3n) is 4.19. The number of amides is 1. The highest BCUT2D eigenvalue weighted by molar-refractivity contribution is 5.72. The summed E-state index contributed by atoms with van der Waals surface area (Å²) in [5.41, 5.74) is -1.96. The zero-order chi connectivity index (χ0) is 23.0. The van der Waals surface area contributed by atoms with E-state index in [4.69, 9.17) is 18.9 Å². The largest absolute Gasteiger partial charge is 0.465 e. The van der Waals surface area contributed by atoms with Crippen molar-refractivity contribution in [2.75, 3.05) is 26.4 Å². The van der Waals surface area contributed by atoms with Gasteiger partial charge in [-0.2, -0.15) is 0 Å². The highest BCUT2D eigenvalue weighted by atomic mass is 16.6. The Morgan fingerprint density at radius 3 is 2.07 bits per heavy atom. The predicted molar refractivity (Wildman–Crippen MR) is 111 cm³/mol. The number of hydrogen-bond donors (Lipinski definition) is 2. The van der Waals surface area contributed by atoms with E-state index in [1.807, 2.05) is 6.92 Å². The molecule has 0 saturated carbocycles. The smallest absolute Gasteiger partial charge is 0.407 e. The van der Waals surface area contributed by atoms with Gasteiger partial charge in [0.25, 0.3) is 0 Å². The lowest BCUT2D eigenvalue weighted by atomic mass is 9.85. The van der Waals surface area contributed by atoms with Crippen LogP contribution in [0.15, 0.2) is 0 Å². The molecule has 0 aromatic carbocycles. The summed E-state index contributed by atoms with van der Waals surface area (Å²) in [6.45, 7) is 13.5.